The van der Waals surface area contributed by atoms with Crippen molar-refractivity contribution in [1.29, 1.82) is 0 Å². The second kappa shape index (κ2) is 6.65. The molecule has 2 amide bonds. The highest BCUT2D eigenvalue weighted by Crippen LogP contribution is 2.41. The van der Waals surface area contributed by atoms with Crippen molar-refractivity contribution in [2.75, 3.05) is 6.61 Å². The van der Waals surface area contributed by atoms with Crippen LogP contribution in [-0.4, -0.2) is 29.8 Å². The van der Waals surface area contributed by atoms with E-state index in [0.29, 0.717) is 5.56 Å². The molecule has 1 aromatic carbocycles. The lowest BCUT2D eigenvalue weighted by Crippen LogP contribution is -2.48. The van der Waals surface area contributed by atoms with Gasteiger partial charge >= 0.3 is 6.03 Å². The van der Waals surface area contributed by atoms with Gasteiger partial charge in [-0.2, -0.15) is 0 Å². The molecule has 3 N–H and O–H groups in total. The van der Waals surface area contributed by atoms with Gasteiger partial charge in [-0.05, 0) is 30.9 Å². The Bertz CT molecular complexity index is 537. The molecule has 0 heterocycles. The third kappa shape index (κ3) is 3.40. The molecule has 0 bridgehead atoms. The minimum atomic E-state index is -0.204. The first kappa shape index (κ1) is 15.3. The number of benzene rings is 1. The van der Waals surface area contributed by atoms with Crippen LogP contribution in [0.5, 0.6) is 0 Å². The number of nitrogens with one attached hydrogen (secondary N) is 2. The summed E-state index contributed by atoms with van der Waals surface area (Å²) < 4.78 is 13.7. The smallest absolute Gasteiger partial charge is 0.315 e. The Kier molecular flexibility index (Phi) is 4.62. The molecule has 0 aliphatic heterocycles. The fraction of sp³-hybridized carbons (Fsp3) is 0.588. The molecule has 1 aromatic rings. The average Bonchev–Trinajstić information content (AvgIpc) is 3.27. The first-order valence-electron chi connectivity index (χ1n) is 8.11. The fourth-order valence-electron chi connectivity index (χ4n) is 3.47. The number of hydrogen-bond donors (Lipinski definition) is 3. The summed E-state index contributed by atoms with van der Waals surface area (Å²) in [4.78, 5) is 12.1. The molecule has 2 aliphatic carbocycles. The predicted molar refractivity (Wildman–Crippen MR) is 82.0 cm³/mol. The van der Waals surface area contributed by atoms with E-state index >= 15 is 0 Å². The Morgan fingerprint density at radius 1 is 1.18 bits per heavy atom. The van der Waals surface area contributed by atoms with E-state index in [9.17, 15) is 14.3 Å². The zero-order valence-corrected chi connectivity index (χ0v) is 12.6. The Morgan fingerprint density at radius 3 is 2.68 bits per heavy atom. The Balaban J connectivity index is 1.50. The molecule has 4 unspecified atom stereocenters. The van der Waals surface area contributed by atoms with E-state index in [1.807, 2.05) is 6.07 Å². The van der Waals surface area contributed by atoms with Gasteiger partial charge in [0.05, 0.1) is 0 Å². The van der Waals surface area contributed by atoms with Crippen molar-refractivity contribution in [2.45, 2.75) is 50.1 Å². The van der Waals surface area contributed by atoms with E-state index in [-0.39, 0.29) is 42.4 Å². The molecule has 5 heteroatoms. The van der Waals surface area contributed by atoms with E-state index in [1.54, 1.807) is 12.1 Å². The van der Waals surface area contributed by atoms with Crippen LogP contribution in [0.2, 0.25) is 0 Å². The van der Waals surface area contributed by atoms with Gasteiger partial charge in [0.25, 0.3) is 0 Å². The molecule has 2 saturated carbocycles. The zero-order valence-electron chi connectivity index (χ0n) is 12.6. The van der Waals surface area contributed by atoms with E-state index in [1.165, 1.54) is 6.07 Å². The summed E-state index contributed by atoms with van der Waals surface area (Å²) in [6, 6.07) is 6.59. The van der Waals surface area contributed by atoms with Crippen molar-refractivity contribution in [2.24, 2.45) is 5.92 Å². The summed E-state index contributed by atoms with van der Waals surface area (Å²) in [5, 5.41) is 15.3. The van der Waals surface area contributed by atoms with Crippen molar-refractivity contribution in [3.8, 4) is 0 Å². The lowest BCUT2D eigenvalue weighted by molar-refractivity contribution is 0.153. The van der Waals surface area contributed by atoms with Crippen LogP contribution in [0.25, 0.3) is 0 Å². The molecular formula is C17H23FN2O2. The van der Waals surface area contributed by atoms with Crippen LogP contribution in [0.3, 0.4) is 0 Å². The largest absolute Gasteiger partial charge is 0.396 e. The maximum Gasteiger partial charge on any atom is 0.315 e. The van der Waals surface area contributed by atoms with Crippen molar-refractivity contribution in [1.82, 2.24) is 10.6 Å². The summed E-state index contributed by atoms with van der Waals surface area (Å²) in [7, 11) is 0. The number of halogens is 1. The van der Waals surface area contributed by atoms with Crippen LogP contribution in [0, 0.1) is 11.7 Å². The topological polar surface area (TPSA) is 61.4 Å². The van der Waals surface area contributed by atoms with Crippen LogP contribution in [0.15, 0.2) is 24.3 Å². The van der Waals surface area contributed by atoms with E-state index in [2.05, 4.69) is 10.6 Å². The summed E-state index contributed by atoms with van der Waals surface area (Å²) >= 11 is 0. The molecule has 22 heavy (non-hydrogen) atoms. The molecule has 4 nitrogen and oxygen atoms in total. The first-order chi connectivity index (χ1) is 10.7. The normalized spacial score (nSPS) is 30.6. The molecule has 0 radical (unpaired) electrons. The van der Waals surface area contributed by atoms with Crippen LogP contribution in [0.1, 0.15) is 43.6 Å². The quantitative estimate of drug-likeness (QED) is 0.800. The van der Waals surface area contributed by atoms with Gasteiger partial charge in [-0.3, -0.25) is 0 Å². The van der Waals surface area contributed by atoms with Gasteiger partial charge in [-0.1, -0.05) is 31.0 Å². The Labute approximate surface area is 130 Å². The maximum atomic E-state index is 13.7. The van der Waals surface area contributed by atoms with Gasteiger partial charge < -0.3 is 15.7 Å². The fourth-order valence-corrected chi connectivity index (χ4v) is 3.47. The zero-order chi connectivity index (χ0) is 15.5. The number of amides is 2. The lowest BCUT2D eigenvalue weighted by Gasteiger charge is -2.30. The van der Waals surface area contributed by atoms with Gasteiger partial charge in [-0.15, -0.1) is 0 Å². The third-order valence-corrected chi connectivity index (χ3v) is 4.87. The lowest BCUT2D eigenvalue weighted by atomic mass is 9.85. The van der Waals surface area contributed by atoms with Crippen LogP contribution < -0.4 is 10.6 Å². The SMILES string of the molecule is O=C(NC1CCCCC1CO)NC1CC1c1ccccc1F. The van der Waals surface area contributed by atoms with Crippen LogP contribution in [0.4, 0.5) is 9.18 Å². The predicted octanol–water partition coefficient (Wildman–Crippen LogP) is 2.53. The second-order valence-corrected chi connectivity index (χ2v) is 6.42. The Hall–Kier alpha value is -1.62. The minimum Gasteiger partial charge on any atom is -0.396 e. The molecule has 0 spiro atoms. The molecule has 2 fully saturated rings. The number of hydrogen-bond acceptors (Lipinski definition) is 2. The molecule has 2 aliphatic rings. The summed E-state index contributed by atoms with van der Waals surface area (Å²) in [6.45, 7) is 0.117. The van der Waals surface area contributed by atoms with E-state index < -0.39 is 0 Å². The van der Waals surface area contributed by atoms with Crippen molar-refractivity contribution in [3.05, 3.63) is 35.6 Å². The van der Waals surface area contributed by atoms with Gasteiger partial charge in [0.2, 0.25) is 0 Å². The van der Waals surface area contributed by atoms with E-state index in [4.69, 9.17) is 0 Å². The third-order valence-electron chi connectivity index (χ3n) is 4.87. The van der Waals surface area contributed by atoms with Gasteiger partial charge in [0.15, 0.2) is 0 Å². The molecule has 3 rings (SSSR count). The summed E-state index contributed by atoms with van der Waals surface area (Å²) in [5.74, 6) is 0.0258. The van der Waals surface area contributed by atoms with Crippen molar-refractivity contribution in [3.63, 3.8) is 0 Å². The summed E-state index contributed by atoms with van der Waals surface area (Å²) in [6.07, 6.45) is 4.86. The highest BCUT2D eigenvalue weighted by molar-refractivity contribution is 5.75. The molecular weight excluding hydrogens is 283 g/mol. The summed E-state index contributed by atoms with van der Waals surface area (Å²) in [5.41, 5.74) is 0.679. The number of aliphatic hydroxyl groups is 1. The number of carbonyl (C=O) groups excluding carboxylic acids is 1. The first-order valence-corrected chi connectivity index (χ1v) is 8.11. The number of urea groups is 1. The van der Waals surface area contributed by atoms with E-state index in [0.717, 1.165) is 32.1 Å². The van der Waals surface area contributed by atoms with Crippen molar-refractivity contribution < 1.29 is 14.3 Å². The highest BCUT2D eigenvalue weighted by atomic mass is 19.1. The Morgan fingerprint density at radius 2 is 1.91 bits per heavy atom. The van der Waals surface area contributed by atoms with Crippen molar-refractivity contribution >= 4 is 6.03 Å². The van der Waals surface area contributed by atoms with Gasteiger partial charge in [-0.25, -0.2) is 9.18 Å². The number of rotatable bonds is 4. The standard InChI is InChI=1S/C17H23FN2O2/c18-14-7-3-2-6-12(14)13-9-16(13)20-17(22)19-15-8-4-1-5-11(15)10-21/h2-3,6-7,11,13,15-16,21H,1,4-5,8-10H2,(H2,19,20,22). The van der Waals surface area contributed by atoms with Crippen LogP contribution >= 0.6 is 0 Å². The maximum absolute atomic E-state index is 13.7. The highest BCUT2D eigenvalue weighted by Gasteiger charge is 2.41. The molecule has 4 atom stereocenters. The number of aliphatic hydroxyl groups excluding tert-OH is 1. The molecule has 0 aromatic heterocycles. The van der Waals surface area contributed by atoms with Gasteiger partial charge in [0.1, 0.15) is 5.82 Å². The monoisotopic (exact) mass is 306 g/mol. The molecule has 120 valence electrons. The van der Waals surface area contributed by atoms with Crippen LogP contribution in [-0.2, 0) is 0 Å². The average molecular weight is 306 g/mol. The number of carbonyl (C=O) groups is 1. The molecule has 0 saturated heterocycles. The van der Waals surface area contributed by atoms with Gasteiger partial charge in [0, 0.05) is 30.5 Å². The minimum absolute atomic E-state index is 0.00747. The second-order valence-electron chi connectivity index (χ2n) is 6.42.